The van der Waals surface area contributed by atoms with E-state index in [9.17, 15) is 21.6 Å². The Balaban J connectivity index is 1.62. The van der Waals surface area contributed by atoms with Crippen LogP contribution in [0, 0.1) is 13.8 Å². The van der Waals surface area contributed by atoms with E-state index in [1.165, 1.54) is 4.31 Å². The van der Waals surface area contributed by atoms with Crippen molar-refractivity contribution in [3.05, 3.63) is 41.9 Å². The van der Waals surface area contributed by atoms with E-state index in [0.29, 0.717) is 24.5 Å². The lowest BCUT2D eigenvalue weighted by atomic mass is 10.1. The van der Waals surface area contributed by atoms with Crippen LogP contribution in [0.1, 0.15) is 24.4 Å². The number of nitrogens with zero attached hydrogens (tertiary/aromatic N) is 3. The molecule has 0 aliphatic carbocycles. The number of alkyl halides is 3. The molecule has 3 rings (SSSR count). The Bertz CT molecular complexity index is 937. The molecule has 2 heterocycles. The molecule has 1 aromatic carbocycles. The van der Waals surface area contributed by atoms with Gasteiger partial charge >= 0.3 is 6.36 Å². The summed E-state index contributed by atoms with van der Waals surface area (Å²) in [6, 6.07) is 5.89. The maximum atomic E-state index is 12.7. The fourth-order valence-electron chi connectivity index (χ4n) is 3.07. The van der Waals surface area contributed by atoms with Crippen molar-refractivity contribution in [2.45, 2.75) is 44.1 Å². The Morgan fingerprint density at radius 3 is 2.24 bits per heavy atom. The SMILES string of the molecule is Cc1cc(OC2CCN(S(=O)(=O)c3ccc(OC(F)(F)F)cc3)CC2)nc(C)n1. The normalized spacial score (nSPS) is 16.6. The quantitative estimate of drug-likeness (QED) is 0.723. The molecule has 11 heteroatoms. The highest BCUT2D eigenvalue weighted by Gasteiger charge is 2.32. The highest BCUT2D eigenvalue weighted by Crippen LogP contribution is 2.27. The van der Waals surface area contributed by atoms with Crippen molar-refractivity contribution >= 4 is 10.0 Å². The molecule has 0 atom stereocenters. The Morgan fingerprint density at radius 2 is 1.69 bits per heavy atom. The number of ether oxygens (including phenoxy) is 2. The highest BCUT2D eigenvalue weighted by molar-refractivity contribution is 7.89. The minimum atomic E-state index is -4.83. The van der Waals surface area contributed by atoms with Crippen molar-refractivity contribution in [3.8, 4) is 11.6 Å². The van der Waals surface area contributed by atoms with Crippen LogP contribution in [0.4, 0.5) is 13.2 Å². The van der Waals surface area contributed by atoms with Gasteiger partial charge < -0.3 is 9.47 Å². The molecule has 0 unspecified atom stereocenters. The number of benzene rings is 1. The monoisotopic (exact) mass is 431 g/mol. The lowest BCUT2D eigenvalue weighted by Gasteiger charge is -2.31. The molecule has 1 fully saturated rings. The van der Waals surface area contributed by atoms with Crippen LogP contribution in [0.15, 0.2) is 35.2 Å². The second kappa shape index (κ2) is 8.15. The van der Waals surface area contributed by atoms with Crippen molar-refractivity contribution in [3.63, 3.8) is 0 Å². The summed E-state index contributed by atoms with van der Waals surface area (Å²) in [5.41, 5.74) is 0.783. The molecule has 0 N–H and O–H groups in total. The van der Waals surface area contributed by atoms with Gasteiger partial charge in [-0.05, 0) is 51.0 Å². The maximum Gasteiger partial charge on any atom is 0.573 e. The Kier molecular flexibility index (Phi) is 5.99. The lowest BCUT2D eigenvalue weighted by Crippen LogP contribution is -2.41. The van der Waals surface area contributed by atoms with Gasteiger partial charge in [-0.1, -0.05) is 0 Å². The molecule has 29 heavy (non-hydrogen) atoms. The number of aryl methyl sites for hydroxylation is 2. The second-order valence-corrected chi connectivity index (χ2v) is 8.57. The maximum absolute atomic E-state index is 12.7. The fraction of sp³-hybridized carbons (Fsp3) is 0.444. The molecule has 1 aliphatic rings. The first-order valence-electron chi connectivity index (χ1n) is 8.88. The zero-order valence-corrected chi connectivity index (χ0v) is 16.6. The van der Waals surface area contributed by atoms with Gasteiger partial charge in [0.2, 0.25) is 15.9 Å². The van der Waals surface area contributed by atoms with Crippen LogP contribution in [0.25, 0.3) is 0 Å². The first-order chi connectivity index (χ1) is 13.5. The topological polar surface area (TPSA) is 81.6 Å². The molecular formula is C18H20F3N3O4S. The van der Waals surface area contributed by atoms with Crippen molar-refractivity contribution in [2.24, 2.45) is 0 Å². The minimum Gasteiger partial charge on any atom is -0.474 e. The fourth-order valence-corrected chi connectivity index (χ4v) is 4.54. The summed E-state index contributed by atoms with van der Waals surface area (Å²) < 4.78 is 73.1. The number of rotatable bonds is 5. The van der Waals surface area contributed by atoms with E-state index >= 15 is 0 Å². The summed E-state index contributed by atoms with van der Waals surface area (Å²) >= 11 is 0. The van der Waals surface area contributed by atoms with Gasteiger partial charge in [0, 0.05) is 24.8 Å². The number of hydrogen-bond acceptors (Lipinski definition) is 6. The summed E-state index contributed by atoms with van der Waals surface area (Å²) in [5, 5.41) is 0. The summed E-state index contributed by atoms with van der Waals surface area (Å²) in [6.45, 7) is 4.06. The van der Waals surface area contributed by atoms with Gasteiger partial charge in [0.1, 0.15) is 17.7 Å². The van der Waals surface area contributed by atoms with Crippen LogP contribution in [-0.4, -0.2) is 48.2 Å². The Labute approximate surface area is 166 Å². The van der Waals surface area contributed by atoms with Gasteiger partial charge in [-0.25, -0.2) is 13.4 Å². The number of halogens is 3. The average molecular weight is 431 g/mol. The minimum absolute atomic E-state index is 0.0894. The summed E-state index contributed by atoms with van der Waals surface area (Å²) in [4.78, 5) is 8.31. The third-order valence-electron chi connectivity index (χ3n) is 4.33. The largest absolute Gasteiger partial charge is 0.573 e. The lowest BCUT2D eigenvalue weighted by molar-refractivity contribution is -0.274. The molecule has 7 nitrogen and oxygen atoms in total. The molecule has 0 bridgehead atoms. The second-order valence-electron chi connectivity index (χ2n) is 6.64. The molecule has 0 saturated carbocycles. The smallest absolute Gasteiger partial charge is 0.474 e. The van der Waals surface area contributed by atoms with E-state index in [4.69, 9.17) is 4.74 Å². The zero-order valence-electron chi connectivity index (χ0n) is 15.8. The molecule has 1 aromatic heterocycles. The van der Waals surface area contributed by atoms with E-state index in [0.717, 1.165) is 30.0 Å². The van der Waals surface area contributed by atoms with Crippen molar-refractivity contribution < 1.29 is 31.1 Å². The van der Waals surface area contributed by atoms with E-state index in [-0.39, 0.29) is 24.1 Å². The van der Waals surface area contributed by atoms with Gasteiger partial charge in [-0.3, -0.25) is 0 Å². The Morgan fingerprint density at radius 1 is 1.07 bits per heavy atom. The van der Waals surface area contributed by atoms with Crippen molar-refractivity contribution in [1.82, 2.24) is 14.3 Å². The molecule has 0 amide bonds. The predicted molar refractivity (Wildman–Crippen MR) is 97.0 cm³/mol. The van der Waals surface area contributed by atoms with Gasteiger partial charge in [-0.2, -0.15) is 9.29 Å². The van der Waals surface area contributed by atoms with Crippen LogP contribution in [0.3, 0.4) is 0 Å². The van der Waals surface area contributed by atoms with Crippen LogP contribution >= 0.6 is 0 Å². The highest BCUT2D eigenvalue weighted by atomic mass is 32.2. The van der Waals surface area contributed by atoms with E-state index in [1.54, 1.807) is 13.0 Å². The summed E-state index contributed by atoms with van der Waals surface area (Å²) in [5.74, 6) is 0.577. The number of hydrogen-bond donors (Lipinski definition) is 0. The van der Waals surface area contributed by atoms with Crippen molar-refractivity contribution in [2.75, 3.05) is 13.1 Å². The van der Waals surface area contributed by atoms with Gasteiger partial charge in [-0.15, -0.1) is 13.2 Å². The third-order valence-corrected chi connectivity index (χ3v) is 6.24. The Hall–Kier alpha value is -2.40. The number of piperidine rings is 1. The van der Waals surface area contributed by atoms with Gasteiger partial charge in [0.25, 0.3) is 0 Å². The first-order valence-corrected chi connectivity index (χ1v) is 10.3. The third kappa shape index (κ3) is 5.57. The first kappa shape index (κ1) is 21.3. The average Bonchev–Trinajstić information content (AvgIpc) is 2.60. The predicted octanol–water partition coefficient (Wildman–Crippen LogP) is 3.22. The van der Waals surface area contributed by atoms with Gasteiger partial charge in [0.05, 0.1) is 4.90 Å². The van der Waals surface area contributed by atoms with Crippen molar-refractivity contribution in [1.29, 1.82) is 0 Å². The van der Waals surface area contributed by atoms with E-state index in [2.05, 4.69) is 14.7 Å². The molecule has 2 aromatic rings. The zero-order chi connectivity index (χ0) is 21.2. The standard InChI is InChI=1S/C18H20F3N3O4S/c1-12-11-17(23-13(2)22-12)27-14-7-9-24(10-8-14)29(25,26)16-5-3-15(4-6-16)28-18(19,20)21/h3-6,11,14H,7-10H2,1-2H3. The van der Waals surface area contributed by atoms with E-state index < -0.39 is 22.1 Å². The van der Waals surface area contributed by atoms with Crippen LogP contribution < -0.4 is 9.47 Å². The van der Waals surface area contributed by atoms with Gasteiger partial charge in [0.15, 0.2) is 0 Å². The summed E-state index contributed by atoms with van der Waals surface area (Å²) in [6.07, 6.45) is -4.08. The van der Waals surface area contributed by atoms with Crippen LogP contribution in [0.2, 0.25) is 0 Å². The molecule has 1 saturated heterocycles. The molecule has 0 spiro atoms. The number of sulfonamides is 1. The van der Waals surface area contributed by atoms with Crippen LogP contribution in [-0.2, 0) is 10.0 Å². The molecule has 0 radical (unpaired) electrons. The number of aromatic nitrogens is 2. The summed E-state index contributed by atoms with van der Waals surface area (Å²) in [7, 11) is -3.82. The molecular weight excluding hydrogens is 411 g/mol. The molecule has 158 valence electrons. The molecule has 1 aliphatic heterocycles. The van der Waals surface area contributed by atoms with E-state index in [1.807, 2.05) is 6.92 Å². The van der Waals surface area contributed by atoms with Crippen LogP contribution in [0.5, 0.6) is 11.6 Å².